The number of hydrogen-bond donors (Lipinski definition) is 0. The monoisotopic (exact) mass is 153 g/mol. The maximum absolute atomic E-state index is 11.3. The van der Waals surface area contributed by atoms with Gasteiger partial charge in [0.1, 0.15) is 0 Å². The fourth-order valence-corrected chi connectivity index (χ4v) is 1.92. The first-order chi connectivity index (χ1) is 5.38. The first kappa shape index (κ1) is 7.10. The lowest BCUT2D eigenvalue weighted by atomic mass is 10.0. The van der Waals surface area contributed by atoms with Crippen LogP contribution in [0.25, 0.3) is 0 Å². The van der Waals surface area contributed by atoms with Crippen LogP contribution in [0.1, 0.15) is 19.3 Å². The number of fused-ring (bicyclic) bond motifs is 1. The standard InChI is InChI=1S/C8H13N2O/c11-8-6-9-5-7-3-1-2-4-10(7)8/h7H,1-6H2/t7-/m0/s1. The molecule has 2 aliphatic heterocycles. The molecule has 2 saturated heterocycles. The summed E-state index contributed by atoms with van der Waals surface area (Å²) < 4.78 is 0. The summed E-state index contributed by atoms with van der Waals surface area (Å²) in [6.45, 7) is 2.28. The van der Waals surface area contributed by atoms with Gasteiger partial charge in [0.15, 0.2) is 0 Å². The van der Waals surface area contributed by atoms with Gasteiger partial charge < -0.3 is 4.90 Å². The van der Waals surface area contributed by atoms with Gasteiger partial charge in [-0.2, -0.15) is 0 Å². The largest absolute Gasteiger partial charge is 0.337 e. The number of carbonyl (C=O) groups is 1. The van der Waals surface area contributed by atoms with E-state index in [4.69, 9.17) is 0 Å². The van der Waals surface area contributed by atoms with Crippen molar-refractivity contribution < 1.29 is 4.79 Å². The van der Waals surface area contributed by atoms with Gasteiger partial charge >= 0.3 is 0 Å². The zero-order valence-corrected chi connectivity index (χ0v) is 6.62. The van der Waals surface area contributed by atoms with Crippen molar-refractivity contribution in [3.63, 3.8) is 0 Å². The van der Waals surface area contributed by atoms with Crippen LogP contribution in [0.5, 0.6) is 0 Å². The fraction of sp³-hybridized carbons (Fsp3) is 0.875. The van der Waals surface area contributed by atoms with Crippen LogP contribution in [0.3, 0.4) is 0 Å². The number of piperidine rings is 1. The lowest BCUT2D eigenvalue weighted by Gasteiger charge is -2.38. The molecule has 0 unspecified atom stereocenters. The summed E-state index contributed by atoms with van der Waals surface area (Å²) in [5.74, 6) is 0.237. The molecule has 0 aromatic carbocycles. The lowest BCUT2D eigenvalue weighted by Crippen LogP contribution is -2.54. The van der Waals surface area contributed by atoms with Gasteiger partial charge in [-0.3, -0.25) is 4.79 Å². The molecule has 3 nitrogen and oxygen atoms in total. The number of amides is 1. The van der Waals surface area contributed by atoms with Gasteiger partial charge in [-0.15, -0.1) is 0 Å². The molecular weight excluding hydrogens is 140 g/mol. The second-order valence-electron chi connectivity index (χ2n) is 3.30. The first-order valence-corrected chi connectivity index (χ1v) is 4.30. The maximum atomic E-state index is 11.3. The molecule has 0 bridgehead atoms. The van der Waals surface area contributed by atoms with Crippen LogP contribution in [0, 0.1) is 0 Å². The average Bonchev–Trinajstić information content (AvgIpc) is 2.06. The van der Waals surface area contributed by atoms with Gasteiger partial charge in [0, 0.05) is 19.1 Å². The van der Waals surface area contributed by atoms with Gasteiger partial charge in [-0.1, -0.05) is 0 Å². The number of carbonyl (C=O) groups excluding carboxylic acids is 1. The van der Waals surface area contributed by atoms with Crippen LogP contribution >= 0.6 is 0 Å². The van der Waals surface area contributed by atoms with E-state index in [2.05, 4.69) is 5.32 Å². The summed E-state index contributed by atoms with van der Waals surface area (Å²) in [6, 6.07) is 0.449. The molecule has 1 atom stereocenters. The van der Waals surface area contributed by atoms with Gasteiger partial charge in [0.2, 0.25) is 5.91 Å². The third-order valence-corrected chi connectivity index (χ3v) is 2.53. The molecule has 11 heavy (non-hydrogen) atoms. The van der Waals surface area contributed by atoms with Crippen LogP contribution in [0.2, 0.25) is 0 Å². The first-order valence-electron chi connectivity index (χ1n) is 4.30. The molecule has 61 valence electrons. The van der Waals surface area contributed by atoms with E-state index in [9.17, 15) is 4.79 Å². The molecule has 2 fully saturated rings. The molecule has 0 N–H and O–H groups in total. The summed E-state index contributed by atoms with van der Waals surface area (Å²) in [4.78, 5) is 13.3. The Balaban J connectivity index is 2.05. The summed E-state index contributed by atoms with van der Waals surface area (Å²) in [7, 11) is 0. The number of hydrogen-bond acceptors (Lipinski definition) is 1. The smallest absolute Gasteiger partial charge is 0.238 e. The Kier molecular flexibility index (Phi) is 1.82. The summed E-state index contributed by atoms with van der Waals surface area (Å²) in [5, 5.41) is 4.15. The molecular formula is C8H13N2O. The van der Waals surface area contributed by atoms with E-state index >= 15 is 0 Å². The Morgan fingerprint density at radius 1 is 1.45 bits per heavy atom. The maximum Gasteiger partial charge on any atom is 0.238 e. The molecule has 0 spiro atoms. The number of nitrogens with zero attached hydrogens (tertiary/aromatic N) is 2. The van der Waals surface area contributed by atoms with Gasteiger partial charge in [-0.25, -0.2) is 5.32 Å². The molecule has 0 aromatic heterocycles. The van der Waals surface area contributed by atoms with Crippen molar-refractivity contribution in [2.75, 3.05) is 19.6 Å². The predicted octanol–water partition coefficient (Wildman–Crippen LogP) is -0.0145. The Morgan fingerprint density at radius 2 is 2.36 bits per heavy atom. The van der Waals surface area contributed by atoms with E-state index in [1.54, 1.807) is 0 Å². The highest BCUT2D eigenvalue weighted by molar-refractivity contribution is 5.79. The highest BCUT2D eigenvalue weighted by Crippen LogP contribution is 2.18. The second-order valence-corrected chi connectivity index (χ2v) is 3.30. The fourth-order valence-electron chi connectivity index (χ4n) is 1.92. The molecule has 2 heterocycles. The highest BCUT2D eigenvalue weighted by atomic mass is 16.2. The van der Waals surface area contributed by atoms with Crippen molar-refractivity contribution in [1.82, 2.24) is 10.2 Å². The van der Waals surface area contributed by atoms with Crippen molar-refractivity contribution in [1.29, 1.82) is 0 Å². The Bertz CT molecular complexity index is 167. The molecule has 0 aliphatic carbocycles. The number of rotatable bonds is 0. The Morgan fingerprint density at radius 3 is 3.18 bits per heavy atom. The van der Waals surface area contributed by atoms with Crippen LogP contribution in [0.4, 0.5) is 0 Å². The zero-order chi connectivity index (χ0) is 7.68. The van der Waals surface area contributed by atoms with Gasteiger partial charge in [0.05, 0.1) is 6.54 Å². The second kappa shape index (κ2) is 2.81. The summed E-state index contributed by atoms with van der Waals surface area (Å²) in [5.41, 5.74) is 0. The van der Waals surface area contributed by atoms with E-state index in [0.29, 0.717) is 12.6 Å². The molecule has 0 saturated carbocycles. The normalized spacial score (nSPS) is 31.8. The van der Waals surface area contributed by atoms with E-state index in [-0.39, 0.29) is 5.91 Å². The quantitative estimate of drug-likeness (QED) is 0.482. The molecule has 2 aliphatic rings. The van der Waals surface area contributed by atoms with E-state index < -0.39 is 0 Å². The van der Waals surface area contributed by atoms with Crippen LogP contribution in [-0.2, 0) is 4.79 Å². The van der Waals surface area contributed by atoms with Gasteiger partial charge in [-0.05, 0) is 19.3 Å². The summed E-state index contributed by atoms with van der Waals surface area (Å²) >= 11 is 0. The van der Waals surface area contributed by atoms with E-state index in [0.717, 1.165) is 19.5 Å². The summed E-state index contributed by atoms with van der Waals surface area (Å²) in [6.07, 6.45) is 3.61. The topological polar surface area (TPSA) is 34.4 Å². The van der Waals surface area contributed by atoms with Crippen molar-refractivity contribution in [3.8, 4) is 0 Å². The minimum atomic E-state index is 0.237. The van der Waals surface area contributed by atoms with Crippen molar-refractivity contribution in [3.05, 3.63) is 0 Å². The minimum Gasteiger partial charge on any atom is -0.337 e. The number of piperazine rings is 1. The Labute approximate surface area is 66.8 Å². The zero-order valence-electron chi connectivity index (χ0n) is 6.62. The van der Waals surface area contributed by atoms with Crippen molar-refractivity contribution in [2.45, 2.75) is 25.3 Å². The molecule has 0 aromatic rings. The highest BCUT2D eigenvalue weighted by Gasteiger charge is 2.29. The van der Waals surface area contributed by atoms with Crippen molar-refractivity contribution >= 4 is 5.91 Å². The third-order valence-electron chi connectivity index (χ3n) is 2.53. The van der Waals surface area contributed by atoms with E-state index in [1.165, 1.54) is 12.8 Å². The third kappa shape index (κ3) is 1.25. The SMILES string of the molecule is O=C1C[N]C[C@@H]2CCCCN12. The van der Waals surface area contributed by atoms with Crippen LogP contribution in [-0.4, -0.2) is 36.5 Å². The predicted molar refractivity (Wildman–Crippen MR) is 41.2 cm³/mol. The lowest BCUT2D eigenvalue weighted by molar-refractivity contribution is -0.136. The van der Waals surface area contributed by atoms with Crippen molar-refractivity contribution in [2.24, 2.45) is 0 Å². The van der Waals surface area contributed by atoms with Crippen LogP contribution in [0.15, 0.2) is 0 Å². The average molecular weight is 153 g/mol. The minimum absolute atomic E-state index is 0.237. The molecule has 2 rings (SSSR count). The molecule has 1 radical (unpaired) electrons. The molecule has 3 heteroatoms. The van der Waals surface area contributed by atoms with Crippen LogP contribution < -0.4 is 5.32 Å². The van der Waals surface area contributed by atoms with E-state index in [1.807, 2.05) is 4.90 Å². The Hall–Kier alpha value is -0.570. The van der Waals surface area contributed by atoms with Gasteiger partial charge in [0.25, 0.3) is 0 Å². The molecule has 1 amide bonds.